The minimum absolute atomic E-state index is 0.604. The van der Waals surface area contributed by atoms with Crippen molar-refractivity contribution in [3.8, 4) is 0 Å². The fourth-order valence-electron chi connectivity index (χ4n) is 3.87. The summed E-state index contributed by atoms with van der Waals surface area (Å²) in [7, 11) is 2.18. The molecular weight excluding hydrogens is 336 g/mol. The highest BCUT2D eigenvalue weighted by Crippen LogP contribution is 2.39. The van der Waals surface area contributed by atoms with Crippen LogP contribution in [0.25, 0.3) is 16.0 Å². The van der Waals surface area contributed by atoms with Crippen LogP contribution in [-0.4, -0.2) is 81.1 Å². The van der Waals surface area contributed by atoms with Gasteiger partial charge in [0.05, 0.1) is 5.39 Å². The summed E-state index contributed by atoms with van der Waals surface area (Å²) in [6.45, 7) is 9.60. The van der Waals surface area contributed by atoms with Crippen molar-refractivity contribution in [2.75, 3.05) is 51.2 Å². The molecule has 0 radical (unpaired) electrons. The number of hydrogen-bond donors (Lipinski definition) is 0. The molecule has 5 rings (SSSR count). The smallest absolute Gasteiger partial charge is 0.276 e. The molecule has 9 heteroatoms. The lowest BCUT2D eigenvalue weighted by atomic mass is 10.0. The number of nitrogens with zero attached hydrogens (tertiary/aromatic N) is 8. The highest BCUT2D eigenvalue weighted by atomic mass is 32.1. The molecule has 8 nitrogen and oxygen atoms in total. The van der Waals surface area contributed by atoms with Crippen LogP contribution in [0, 0.1) is 0 Å². The predicted molar refractivity (Wildman–Crippen MR) is 98.3 cm³/mol. The van der Waals surface area contributed by atoms with Crippen molar-refractivity contribution in [2.45, 2.75) is 19.9 Å². The normalized spacial score (nSPS) is 19.8. The molecule has 3 aromatic heterocycles. The topological polar surface area (TPSA) is 65.7 Å². The lowest BCUT2D eigenvalue weighted by Gasteiger charge is -2.34. The van der Waals surface area contributed by atoms with E-state index in [4.69, 9.17) is 4.98 Å². The maximum absolute atomic E-state index is 4.86. The molecule has 0 amide bonds. The van der Waals surface area contributed by atoms with Crippen molar-refractivity contribution < 1.29 is 0 Å². The molecule has 0 aliphatic carbocycles. The Balaban J connectivity index is 1.71. The molecule has 0 unspecified atom stereocenters. The molecule has 5 heterocycles. The van der Waals surface area contributed by atoms with Crippen molar-refractivity contribution in [1.82, 2.24) is 34.8 Å². The van der Waals surface area contributed by atoms with E-state index >= 15 is 0 Å². The number of rotatable bonds is 2. The van der Waals surface area contributed by atoms with Crippen LogP contribution < -0.4 is 4.90 Å². The van der Waals surface area contributed by atoms with Gasteiger partial charge in [-0.15, -0.1) is 11.3 Å². The zero-order chi connectivity index (χ0) is 17.0. The minimum Gasteiger partial charge on any atom is -0.353 e. The molecule has 3 aromatic rings. The van der Waals surface area contributed by atoms with Gasteiger partial charge in [-0.05, 0) is 36.0 Å². The molecule has 1 fully saturated rings. The second-order valence-electron chi connectivity index (χ2n) is 6.92. The zero-order valence-electron chi connectivity index (χ0n) is 14.6. The van der Waals surface area contributed by atoms with Gasteiger partial charge in [0, 0.05) is 44.1 Å². The third-order valence-electron chi connectivity index (χ3n) is 5.44. The van der Waals surface area contributed by atoms with E-state index in [0.717, 1.165) is 62.9 Å². The van der Waals surface area contributed by atoms with Gasteiger partial charge in [-0.2, -0.15) is 9.50 Å². The number of fused-ring (bicyclic) bond motifs is 5. The molecule has 0 aromatic carbocycles. The number of hydrogen-bond acceptors (Lipinski definition) is 8. The Labute approximate surface area is 150 Å². The third kappa shape index (κ3) is 2.41. The average Bonchev–Trinajstić information content (AvgIpc) is 3.25. The Bertz CT molecular complexity index is 923. The fourth-order valence-corrected chi connectivity index (χ4v) is 5.20. The number of likely N-dealkylation sites (N-methyl/N-ethyl adjacent to an activating group) is 2. The van der Waals surface area contributed by atoms with Crippen LogP contribution in [0.3, 0.4) is 0 Å². The number of piperazine rings is 1. The second-order valence-corrected chi connectivity index (χ2v) is 8.00. The van der Waals surface area contributed by atoms with Gasteiger partial charge in [0.1, 0.15) is 10.6 Å². The highest BCUT2D eigenvalue weighted by Gasteiger charge is 2.28. The summed E-state index contributed by atoms with van der Waals surface area (Å²) >= 11 is 1.83. The maximum atomic E-state index is 4.86. The molecule has 0 bridgehead atoms. The Hall–Kier alpha value is -1.84. The summed E-state index contributed by atoms with van der Waals surface area (Å²) < 4.78 is 1.81. The lowest BCUT2D eigenvalue weighted by Crippen LogP contribution is -2.45. The molecule has 0 spiro atoms. The first-order valence-electron chi connectivity index (χ1n) is 8.92. The van der Waals surface area contributed by atoms with Gasteiger partial charge in [-0.1, -0.05) is 12.0 Å². The standard InChI is InChI=1S/C16H22N8S/c1-3-22-5-4-11-12(10-22)25-15-13(11)14(17-16-18-19-20-24(15)16)23-8-6-21(2)7-9-23/h3-10H2,1-2H3. The first kappa shape index (κ1) is 15.4. The van der Waals surface area contributed by atoms with E-state index in [2.05, 4.69) is 44.2 Å². The van der Waals surface area contributed by atoms with Crippen molar-refractivity contribution in [3.63, 3.8) is 0 Å². The van der Waals surface area contributed by atoms with Crippen LogP contribution in [0.4, 0.5) is 5.82 Å². The summed E-state index contributed by atoms with van der Waals surface area (Å²) in [5.74, 6) is 1.68. The van der Waals surface area contributed by atoms with E-state index in [1.807, 2.05) is 15.9 Å². The third-order valence-corrected chi connectivity index (χ3v) is 6.63. The van der Waals surface area contributed by atoms with E-state index < -0.39 is 0 Å². The summed E-state index contributed by atoms with van der Waals surface area (Å²) in [4.78, 5) is 14.7. The second kappa shape index (κ2) is 5.86. The minimum atomic E-state index is 0.604. The molecular formula is C16H22N8S. The van der Waals surface area contributed by atoms with Gasteiger partial charge >= 0.3 is 0 Å². The molecule has 0 N–H and O–H groups in total. The Kier molecular flexibility index (Phi) is 3.61. The van der Waals surface area contributed by atoms with Crippen molar-refractivity contribution in [1.29, 1.82) is 0 Å². The molecule has 132 valence electrons. The Morgan fingerprint density at radius 3 is 2.76 bits per heavy atom. The van der Waals surface area contributed by atoms with E-state index in [-0.39, 0.29) is 0 Å². The summed E-state index contributed by atoms with van der Waals surface area (Å²) in [5.41, 5.74) is 1.46. The SMILES string of the molecule is CCN1CCc2c(sc3c2c(N2CCN(C)CC2)nc2nnnn23)C1. The van der Waals surface area contributed by atoms with Crippen LogP contribution in [0.5, 0.6) is 0 Å². The van der Waals surface area contributed by atoms with Crippen LogP contribution in [-0.2, 0) is 13.0 Å². The van der Waals surface area contributed by atoms with Gasteiger partial charge in [-0.3, -0.25) is 4.90 Å². The fraction of sp³-hybridized carbons (Fsp3) is 0.625. The quantitative estimate of drug-likeness (QED) is 0.673. The molecule has 25 heavy (non-hydrogen) atoms. The van der Waals surface area contributed by atoms with Gasteiger partial charge in [-0.25, -0.2) is 0 Å². The summed E-state index contributed by atoms with van der Waals surface area (Å²) in [6.07, 6.45) is 1.08. The van der Waals surface area contributed by atoms with E-state index in [1.54, 1.807) is 0 Å². The molecule has 0 atom stereocenters. The number of tetrazole rings is 1. The van der Waals surface area contributed by atoms with Crippen molar-refractivity contribution in [2.24, 2.45) is 0 Å². The summed E-state index contributed by atoms with van der Waals surface area (Å²) in [6, 6.07) is 0. The van der Waals surface area contributed by atoms with E-state index in [0.29, 0.717) is 5.78 Å². The Morgan fingerprint density at radius 2 is 1.96 bits per heavy atom. The van der Waals surface area contributed by atoms with Crippen LogP contribution in [0.1, 0.15) is 17.4 Å². The van der Waals surface area contributed by atoms with Gasteiger partial charge in [0.2, 0.25) is 0 Å². The highest BCUT2D eigenvalue weighted by molar-refractivity contribution is 7.19. The zero-order valence-corrected chi connectivity index (χ0v) is 15.5. The Morgan fingerprint density at radius 1 is 1.12 bits per heavy atom. The van der Waals surface area contributed by atoms with Gasteiger partial charge < -0.3 is 9.80 Å². The lowest BCUT2D eigenvalue weighted by molar-refractivity contribution is 0.272. The molecule has 2 aliphatic rings. The van der Waals surface area contributed by atoms with Crippen LogP contribution >= 0.6 is 11.3 Å². The van der Waals surface area contributed by atoms with Gasteiger partial charge in [0.25, 0.3) is 5.78 Å². The summed E-state index contributed by atoms with van der Waals surface area (Å²) in [5, 5.41) is 13.5. The molecule has 2 aliphatic heterocycles. The predicted octanol–water partition coefficient (Wildman–Crippen LogP) is 0.864. The monoisotopic (exact) mass is 358 g/mol. The maximum Gasteiger partial charge on any atom is 0.276 e. The van der Waals surface area contributed by atoms with E-state index in [1.165, 1.54) is 15.8 Å². The van der Waals surface area contributed by atoms with Crippen molar-refractivity contribution >= 4 is 33.1 Å². The van der Waals surface area contributed by atoms with Crippen LogP contribution in [0.2, 0.25) is 0 Å². The first-order chi connectivity index (χ1) is 12.2. The number of anilines is 1. The molecule has 0 saturated carbocycles. The average molecular weight is 358 g/mol. The molecule has 1 saturated heterocycles. The van der Waals surface area contributed by atoms with E-state index in [9.17, 15) is 0 Å². The number of aromatic nitrogens is 5. The first-order valence-corrected chi connectivity index (χ1v) is 9.74. The van der Waals surface area contributed by atoms with Crippen LogP contribution in [0.15, 0.2) is 0 Å². The number of thiophene rings is 1. The van der Waals surface area contributed by atoms with Crippen molar-refractivity contribution in [3.05, 3.63) is 10.4 Å². The van der Waals surface area contributed by atoms with Gasteiger partial charge in [0.15, 0.2) is 0 Å². The largest absolute Gasteiger partial charge is 0.353 e.